The van der Waals surface area contributed by atoms with Gasteiger partial charge in [-0.15, -0.1) is 0 Å². The van der Waals surface area contributed by atoms with Crippen molar-refractivity contribution in [3.63, 3.8) is 0 Å². The van der Waals surface area contributed by atoms with Crippen molar-refractivity contribution in [1.29, 1.82) is 0 Å². The van der Waals surface area contributed by atoms with Crippen LogP contribution in [0.1, 0.15) is 84.2 Å². The fourth-order valence-corrected chi connectivity index (χ4v) is 3.13. The minimum atomic E-state index is 0.0719. The van der Waals surface area contributed by atoms with Gasteiger partial charge in [-0.25, -0.2) is 9.97 Å². The SMILES string of the molecule is CCNc1cc(C(C)(C)C)nc(C2CCC(CC)CC2)n1. The number of rotatable bonds is 4. The van der Waals surface area contributed by atoms with Gasteiger partial charge in [-0.1, -0.05) is 34.1 Å². The summed E-state index contributed by atoms with van der Waals surface area (Å²) in [4.78, 5) is 9.70. The van der Waals surface area contributed by atoms with Crippen LogP contribution in [0.5, 0.6) is 0 Å². The van der Waals surface area contributed by atoms with Crippen molar-refractivity contribution in [2.45, 2.75) is 78.1 Å². The zero-order valence-corrected chi connectivity index (χ0v) is 14.4. The van der Waals surface area contributed by atoms with Crippen molar-refractivity contribution in [3.8, 4) is 0 Å². The first-order chi connectivity index (χ1) is 9.94. The average molecular weight is 289 g/mol. The molecule has 0 amide bonds. The van der Waals surface area contributed by atoms with Crippen LogP contribution < -0.4 is 5.32 Å². The summed E-state index contributed by atoms with van der Waals surface area (Å²) in [6.45, 7) is 12.0. The molecule has 1 aliphatic rings. The molecule has 118 valence electrons. The molecule has 3 heteroatoms. The molecule has 1 N–H and O–H groups in total. The Balaban J connectivity index is 2.24. The Morgan fingerprint density at radius 3 is 2.29 bits per heavy atom. The molecule has 0 atom stereocenters. The molecule has 3 nitrogen and oxygen atoms in total. The summed E-state index contributed by atoms with van der Waals surface area (Å²) in [5.74, 6) is 3.52. The van der Waals surface area contributed by atoms with Crippen LogP contribution in [-0.4, -0.2) is 16.5 Å². The fraction of sp³-hybridized carbons (Fsp3) is 0.778. The van der Waals surface area contributed by atoms with Gasteiger partial charge < -0.3 is 5.32 Å². The molecule has 0 spiro atoms. The topological polar surface area (TPSA) is 37.8 Å². The first-order valence-electron chi connectivity index (χ1n) is 8.57. The summed E-state index contributed by atoms with van der Waals surface area (Å²) in [7, 11) is 0. The van der Waals surface area contributed by atoms with Gasteiger partial charge in [0, 0.05) is 23.9 Å². The predicted molar refractivity (Wildman–Crippen MR) is 89.9 cm³/mol. The summed E-state index contributed by atoms with van der Waals surface area (Å²) >= 11 is 0. The van der Waals surface area contributed by atoms with Crippen LogP contribution in [0.3, 0.4) is 0 Å². The quantitative estimate of drug-likeness (QED) is 0.857. The molecular weight excluding hydrogens is 258 g/mol. The molecule has 21 heavy (non-hydrogen) atoms. The standard InChI is InChI=1S/C18H31N3/c1-6-13-8-10-14(11-9-13)17-20-15(18(3,4)5)12-16(21-17)19-7-2/h12-14H,6-11H2,1-5H3,(H,19,20,21). The van der Waals surface area contributed by atoms with E-state index in [9.17, 15) is 0 Å². The lowest BCUT2D eigenvalue weighted by Gasteiger charge is -2.28. The van der Waals surface area contributed by atoms with Gasteiger partial charge in [-0.3, -0.25) is 0 Å². The van der Waals surface area contributed by atoms with Gasteiger partial charge in [0.25, 0.3) is 0 Å². The third-order valence-corrected chi connectivity index (χ3v) is 4.66. The number of hydrogen-bond donors (Lipinski definition) is 1. The van der Waals surface area contributed by atoms with Gasteiger partial charge in [-0.2, -0.15) is 0 Å². The predicted octanol–water partition coefficient (Wildman–Crippen LogP) is 4.89. The second-order valence-corrected chi connectivity index (χ2v) is 7.40. The zero-order chi connectivity index (χ0) is 15.5. The van der Waals surface area contributed by atoms with Crippen molar-refractivity contribution in [2.24, 2.45) is 5.92 Å². The van der Waals surface area contributed by atoms with E-state index in [0.717, 1.165) is 29.8 Å². The minimum Gasteiger partial charge on any atom is -0.370 e. The van der Waals surface area contributed by atoms with Crippen LogP contribution in [-0.2, 0) is 5.41 Å². The van der Waals surface area contributed by atoms with Crippen molar-refractivity contribution < 1.29 is 0 Å². The minimum absolute atomic E-state index is 0.0719. The van der Waals surface area contributed by atoms with Crippen LogP contribution in [0.4, 0.5) is 5.82 Å². The van der Waals surface area contributed by atoms with Gasteiger partial charge in [0.15, 0.2) is 0 Å². The van der Waals surface area contributed by atoms with E-state index in [1.54, 1.807) is 0 Å². The first-order valence-corrected chi connectivity index (χ1v) is 8.57. The summed E-state index contributed by atoms with van der Waals surface area (Å²) in [6.07, 6.45) is 6.48. The molecule has 2 rings (SSSR count). The van der Waals surface area contributed by atoms with E-state index < -0.39 is 0 Å². The summed E-state index contributed by atoms with van der Waals surface area (Å²) in [6, 6.07) is 2.12. The Kier molecular flexibility index (Phi) is 5.23. The van der Waals surface area contributed by atoms with Crippen molar-refractivity contribution in [3.05, 3.63) is 17.6 Å². The lowest BCUT2D eigenvalue weighted by atomic mass is 9.80. The highest BCUT2D eigenvalue weighted by Gasteiger charge is 2.25. The van der Waals surface area contributed by atoms with Gasteiger partial charge in [0.2, 0.25) is 0 Å². The van der Waals surface area contributed by atoms with Crippen LogP contribution in [0, 0.1) is 5.92 Å². The van der Waals surface area contributed by atoms with E-state index in [0.29, 0.717) is 5.92 Å². The molecule has 0 bridgehead atoms. The van der Waals surface area contributed by atoms with E-state index in [1.165, 1.54) is 32.1 Å². The van der Waals surface area contributed by atoms with Gasteiger partial charge in [0.05, 0.1) is 5.69 Å². The molecule has 1 saturated carbocycles. The highest BCUT2D eigenvalue weighted by molar-refractivity contribution is 5.38. The molecule has 1 aromatic heterocycles. The van der Waals surface area contributed by atoms with Crippen molar-refractivity contribution >= 4 is 5.82 Å². The number of hydrogen-bond acceptors (Lipinski definition) is 3. The molecule has 1 fully saturated rings. The van der Waals surface area contributed by atoms with Crippen LogP contribution >= 0.6 is 0 Å². The zero-order valence-electron chi connectivity index (χ0n) is 14.4. The highest BCUT2D eigenvalue weighted by Crippen LogP contribution is 2.36. The molecule has 1 aliphatic carbocycles. The number of nitrogens with one attached hydrogen (secondary N) is 1. The maximum Gasteiger partial charge on any atom is 0.134 e. The Bertz CT molecular complexity index is 454. The monoisotopic (exact) mass is 289 g/mol. The maximum atomic E-state index is 4.91. The Morgan fingerprint density at radius 1 is 1.10 bits per heavy atom. The Labute approximate surface area is 130 Å². The number of aromatic nitrogens is 2. The van der Waals surface area contributed by atoms with Gasteiger partial charge in [-0.05, 0) is 38.5 Å². The van der Waals surface area contributed by atoms with Crippen LogP contribution in [0.2, 0.25) is 0 Å². The molecule has 1 aromatic rings. The van der Waals surface area contributed by atoms with E-state index in [-0.39, 0.29) is 5.41 Å². The van der Waals surface area contributed by atoms with Gasteiger partial charge >= 0.3 is 0 Å². The molecular formula is C18H31N3. The van der Waals surface area contributed by atoms with E-state index in [1.807, 2.05) is 0 Å². The molecule has 0 saturated heterocycles. The third-order valence-electron chi connectivity index (χ3n) is 4.66. The number of anilines is 1. The first kappa shape index (κ1) is 16.3. The normalized spacial score (nSPS) is 23.1. The summed E-state index contributed by atoms with van der Waals surface area (Å²) in [5, 5.41) is 3.37. The molecule has 0 aromatic carbocycles. The lowest BCUT2D eigenvalue weighted by molar-refractivity contribution is 0.311. The Morgan fingerprint density at radius 2 is 1.76 bits per heavy atom. The molecule has 1 heterocycles. The lowest BCUT2D eigenvalue weighted by Crippen LogP contribution is -2.20. The largest absolute Gasteiger partial charge is 0.370 e. The van der Waals surface area contributed by atoms with Crippen LogP contribution in [0.15, 0.2) is 6.07 Å². The molecule has 0 radical (unpaired) electrons. The average Bonchev–Trinajstić information content (AvgIpc) is 2.46. The molecule has 0 unspecified atom stereocenters. The number of nitrogens with zero attached hydrogens (tertiary/aromatic N) is 2. The smallest absolute Gasteiger partial charge is 0.134 e. The third kappa shape index (κ3) is 4.18. The van der Waals surface area contributed by atoms with E-state index in [2.05, 4.69) is 46.0 Å². The van der Waals surface area contributed by atoms with E-state index >= 15 is 0 Å². The van der Waals surface area contributed by atoms with Crippen LogP contribution in [0.25, 0.3) is 0 Å². The molecule has 0 aliphatic heterocycles. The van der Waals surface area contributed by atoms with E-state index in [4.69, 9.17) is 9.97 Å². The van der Waals surface area contributed by atoms with Crippen molar-refractivity contribution in [1.82, 2.24) is 9.97 Å². The fourth-order valence-electron chi connectivity index (χ4n) is 3.13. The highest BCUT2D eigenvalue weighted by atomic mass is 15.0. The summed E-state index contributed by atoms with van der Waals surface area (Å²) in [5.41, 5.74) is 1.23. The summed E-state index contributed by atoms with van der Waals surface area (Å²) < 4.78 is 0. The maximum absolute atomic E-state index is 4.91. The second kappa shape index (κ2) is 6.76. The van der Waals surface area contributed by atoms with Gasteiger partial charge in [0.1, 0.15) is 11.6 Å². The Hall–Kier alpha value is -1.12. The van der Waals surface area contributed by atoms with Crippen molar-refractivity contribution in [2.75, 3.05) is 11.9 Å². The second-order valence-electron chi connectivity index (χ2n) is 7.40.